The van der Waals surface area contributed by atoms with Gasteiger partial charge < -0.3 is 13.8 Å². The number of ether oxygens (including phenoxy) is 1. The van der Waals surface area contributed by atoms with E-state index < -0.39 is 55.0 Å². The Kier molecular flexibility index (Phi) is 6.76. The summed E-state index contributed by atoms with van der Waals surface area (Å²) in [6, 6.07) is 8.67. The second kappa shape index (κ2) is 9.28. The third-order valence-corrected chi connectivity index (χ3v) is 8.85. The van der Waals surface area contributed by atoms with E-state index in [0.717, 1.165) is 10.5 Å². The highest BCUT2D eigenvalue weighted by molar-refractivity contribution is 7.55. The predicted octanol–water partition coefficient (Wildman–Crippen LogP) is 4.87. The molecule has 3 aliphatic rings. The number of cyclic esters (lactones) is 1. The molecule has 1 aliphatic heterocycles. The Labute approximate surface area is 191 Å². The van der Waals surface area contributed by atoms with Crippen LogP contribution < -0.4 is 0 Å². The van der Waals surface area contributed by atoms with Crippen molar-refractivity contribution < 1.29 is 36.7 Å². The summed E-state index contributed by atoms with van der Waals surface area (Å²) in [5.41, 5.74) is -3.01. The summed E-state index contributed by atoms with van der Waals surface area (Å²) >= 11 is 0. The third kappa shape index (κ3) is 4.15. The molecule has 1 saturated heterocycles. The van der Waals surface area contributed by atoms with Crippen LogP contribution in [0, 0.1) is 23.7 Å². The fourth-order valence-corrected chi connectivity index (χ4v) is 7.11. The molecule has 0 aromatic heterocycles. The lowest BCUT2D eigenvalue weighted by atomic mass is 9.81. The molecule has 5 atom stereocenters. The molecule has 10 heteroatoms. The number of rotatable bonds is 9. The van der Waals surface area contributed by atoms with Crippen molar-refractivity contribution >= 4 is 19.6 Å². The van der Waals surface area contributed by atoms with Gasteiger partial charge in [0.05, 0.1) is 31.1 Å². The van der Waals surface area contributed by atoms with Crippen LogP contribution in [0.5, 0.6) is 0 Å². The number of hydrogen-bond donors (Lipinski definition) is 0. The van der Waals surface area contributed by atoms with E-state index in [2.05, 4.69) is 0 Å². The van der Waals surface area contributed by atoms with Crippen LogP contribution >= 0.6 is 7.60 Å². The molecule has 1 heterocycles. The smallest absolute Gasteiger partial charge is 0.416 e. The van der Waals surface area contributed by atoms with Crippen molar-refractivity contribution in [1.29, 1.82) is 0 Å². The van der Waals surface area contributed by atoms with E-state index in [9.17, 15) is 14.2 Å². The van der Waals surface area contributed by atoms with E-state index in [1.54, 1.807) is 12.2 Å². The van der Waals surface area contributed by atoms with Gasteiger partial charge in [-0.25, -0.2) is 9.69 Å². The molecule has 180 valence electrons. The Morgan fingerprint density at radius 1 is 1.15 bits per heavy atom. The Balaban J connectivity index is 1.65. The van der Waals surface area contributed by atoms with E-state index in [0.29, 0.717) is 12.8 Å². The van der Waals surface area contributed by atoms with Gasteiger partial charge in [-0.1, -0.05) is 42.5 Å². The highest BCUT2D eigenvalue weighted by Crippen LogP contribution is 2.70. The van der Waals surface area contributed by atoms with E-state index in [4.69, 9.17) is 13.8 Å². The number of alkyl halides is 2. The maximum atomic E-state index is 15.8. The molecule has 33 heavy (non-hydrogen) atoms. The van der Waals surface area contributed by atoms with Gasteiger partial charge in [0.15, 0.2) is 0 Å². The highest BCUT2D eigenvalue weighted by Gasteiger charge is 2.68. The quantitative estimate of drug-likeness (QED) is 0.368. The van der Waals surface area contributed by atoms with Crippen molar-refractivity contribution in [3.63, 3.8) is 0 Å². The summed E-state index contributed by atoms with van der Waals surface area (Å²) in [7, 11) is -4.85. The zero-order valence-electron chi connectivity index (χ0n) is 18.6. The fourth-order valence-electron chi connectivity index (χ4n) is 5.29. The van der Waals surface area contributed by atoms with Crippen molar-refractivity contribution in [3.8, 4) is 0 Å². The summed E-state index contributed by atoms with van der Waals surface area (Å²) in [5.74, 6) is -4.71. The summed E-state index contributed by atoms with van der Waals surface area (Å²) in [4.78, 5) is 27.1. The van der Waals surface area contributed by atoms with Gasteiger partial charge in [-0.15, -0.1) is 0 Å². The van der Waals surface area contributed by atoms with Crippen LogP contribution in [0.1, 0.15) is 25.8 Å². The van der Waals surface area contributed by atoms with Gasteiger partial charge in [-0.2, -0.15) is 8.78 Å². The average Bonchev–Trinajstić information content (AvgIpc) is 3.49. The maximum absolute atomic E-state index is 15.8. The molecule has 4 rings (SSSR count). The maximum Gasteiger partial charge on any atom is 0.416 e. The highest BCUT2D eigenvalue weighted by atomic mass is 31.2. The lowest BCUT2D eigenvalue weighted by Crippen LogP contribution is -2.49. The molecule has 0 N–H and O–H groups in total. The van der Waals surface area contributed by atoms with Crippen molar-refractivity contribution in [2.45, 2.75) is 38.4 Å². The molecule has 1 saturated carbocycles. The first-order valence-electron chi connectivity index (χ1n) is 11.2. The topological polar surface area (TPSA) is 82.1 Å². The van der Waals surface area contributed by atoms with Crippen LogP contribution in [0.2, 0.25) is 0 Å². The number of carbonyl (C=O) groups excluding carboxylic acids is 2. The van der Waals surface area contributed by atoms with Crippen molar-refractivity contribution in [2.24, 2.45) is 23.7 Å². The Bertz CT molecular complexity index is 961. The number of allylic oxidation sites excluding steroid dienone is 2. The molecule has 2 bridgehead atoms. The summed E-state index contributed by atoms with van der Waals surface area (Å²) in [6.07, 6.45) is 3.21. The molecular formula is C23H28F2NO6P. The lowest BCUT2D eigenvalue weighted by Gasteiger charge is -2.37. The van der Waals surface area contributed by atoms with Crippen LogP contribution in [-0.4, -0.2) is 48.4 Å². The first kappa shape index (κ1) is 24.0. The third-order valence-electron chi connectivity index (χ3n) is 6.62. The molecule has 7 nitrogen and oxygen atoms in total. The molecule has 0 radical (unpaired) electrons. The SMILES string of the molecule is CCOP(=O)(OCC)C(F)(F)C1C(C(=O)N2C(=O)OC[C@H]2Cc2ccccc2)[C@H]2C=C[C@@H]1C2. The van der Waals surface area contributed by atoms with Gasteiger partial charge in [-0.3, -0.25) is 9.36 Å². The van der Waals surface area contributed by atoms with Crippen LogP contribution in [0.25, 0.3) is 0 Å². The van der Waals surface area contributed by atoms with Gasteiger partial charge in [0.2, 0.25) is 5.91 Å². The van der Waals surface area contributed by atoms with E-state index >= 15 is 8.78 Å². The summed E-state index contributed by atoms with van der Waals surface area (Å²) in [5, 5.41) is 0. The molecule has 2 fully saturated rings. The first-order chi connectivity index (χ1) is 15.7. The minimum Gasteiger partial charge on any atom is -0.447 e. The lowest BCUT2D eigenvalue weighted by molar-refractivity contribution is -0.140. The predicted molar refractivity (Wildman–Crippen MR) is 116 cm³/mol. The number of benzene rings is 1. The molecular weight excluding hydrogens is 455 g/mol. The van der Waals surface area contributed by atoms with Gasteiger partial charge in [0, 0.05) is 0 Å². The minimum absolute atomic E-state index is 0.00638. The van der Waals surface area contributed by atoms with E-state index in [-0.39, 0.29) is 19.8 Å². The van der Waals surface area contributed by atoms with Crippen molar-refractivity contribution in [2.75, 3.05) is 19.8 Å². The zero-order valence-corrected chi connectivity index (χ0v) is 19.5. The molecule has 1 aromatic rings. The number of imide groups is 1. The zero-order chi connectivity index (χ0) is 23.8. The fraction of sp³-hybridized carbons (Fsp3) is 0.565. The number of fused-ring (bicyclic) bond motifs is 2. The molecule has 0 spiro atoms. The monoisotopic (exact) mass is 483 g/mol. The van der Waals surface area contributed by atoms with E-state index in [1.807, 2.05) is 30.3 Å². The van der Waals surface area contributed by atoms with Crippen LogP contribution in [0.3, 0.4) is 0 Å². The largest absolute Gasteiger partial charge is 0.447 e. The van der Waals surface area contributed by atoms with Crippen LogP contribution in [0.4, 0.5) is 13.6 Å². The molecule has 2 amide bonds. The number of hydrogen-bond acceptors (Lipinski definition) is 6. The Morgan fingerprint density at radius 3 is 2.42 bits per heavy atom. The number of nitrogens with zero attached hydrogens (tertiary/aromatic N) is 1. The van der Waals surface area contributed by atoms with Gasteiger partial charge in [0.25, 0.3) is 0 Å². The Hall–Kier alpha value is -2.09. The average molecular weight is 483 g/mol. The first-order valence-corrected chi connectivity index (χ1v) is 12.8. The number of amides is 2. The minimum atomic E-state index is -4.85. The van der Waals surface area contributed by atoms with Crippen molar-refractivity contribution in [1.82, 2.24) is 4.90 Å². The second-order valence-electron chi connectivity index (χ2n) is 8.55. The molecule has 2 unspecified atom stereocenters. The summed E-state index contributed by atoms with van der Waals surface area (Å²) in [6.45, 7) is 2.46. The van der Waals surface area contributed by atoms with Crippen molar-refractivity contribution in [3.05, 3.63) is 48.0 Å². The number of carbonyl (C=O) groups is 2. The summed E-state index contributed by atoms with van der Waals surface area (Å²) < 4.78 is 59.8. The second-order valence-corrected chi connectivity index (χ2v) is 10.7. The Morgan fingerprint density at radius 2 is 1.79 bits per heavy atom. The van der Waals surface area contributed by atoms with Gasteiger partial charge in [0.1, 0.15) is 6.61 Å². The van der Waals surface area contributed by atoms with Crippen LogP contribution in [0.15, 0.2) is 42.5 Å². The molecule has 2 aliphatic carbocycles. The van der Waals surface area contributed by atoms with E-state index in [1.165, 1.54) is 13.8 Å². The molecule has 1 aromatic carbocycles. The van der Waals surface area contributed by atoms with Gasteiger partial charge in [-0.05, 0) is 44.1 Å². The standard InChI is InChI=1S/C23H28F2NO6P/c1-3-31-33(29,32-4-2)23(24,25)20-17-11-10-16(13-17)19(20)21(27)26-18(14-30-22(26)28)12-15-8-6-5-7-9-15/h5-11,16-20H,3-4,12-14H2,1-2H3/t16-,17+,18+,19?,20?/m0/s1. The number of halogens is 2. The van der Waals surface area contributed by atoms with Gasteiger partial charge >= 0.3 is 19.4 Å². The normalized spacial score (nSPS) is 29.0. The van der Waals surface area contributed by atoms with Crippen LogP contribution in [-0.2, 0) is 29.6 Å².